The van der Waals surface area contributed by atoms with Crippen LogP contribution >= 0.6 is 0 Å². The molecule has 0 aromatic heterocycles. The molecule has 3 heteroatoms. The molecule has 0 saturated heterocycles. The van der Waals surface area contributed by atoms with Crippen molar-refractivity contribution >= 4 is 5.69 Å². The van der Waals surface area contributed by atoms with E-state index in [1.807, 2.05) is 30.3 Å². The Morgan fingerprint density at radius 1 is 1.05 bits per heavy atom. The zero-order valence-corrected chi connectivity index (χ0v) is 12.8. The van der Waals surface area contributed by atoms with Gasteiger partial charge in [-0.2, -0.15) is 0 Å². The molecule has 0 saturated carbocycles. The Bertz CT molecular complexity index is 556. The number of hydrogen-bond donors (Lipinski definition) is 2. The molecule has 0 spiro atoms. The number of aryl methyl sites for hydroxylation is 1. The normalized spacial score (nSPS) is 13.5. The van der Waals surface area contributed by atoms with E-state index >= 15 is 0 Å². The highest BCUT2D eigenvalue weighted by Crippen LogP contribution is 2.28. The molecule has 0 bridgehead atoms. The van der Waals surface area contributed by atoms with Crippen LogP contribution in [0.3, 0.4) is 0 Å². The lowest BCUT2D eigenvalue weighted by Crippen LogP contribution is -2.43. The minimum atomic E-state index is -0.162. The van der Waals surface area contributed by atoms with Crippen LogP contribution in [0.25, 0.3) is 0 Å². The molecule has 2 aromatic rings. The van der Waals surface area contributed by atoms with Crippen molar-refractivity contribution in [2.75, 3.05) is 19.0 Å². The van der Waals surface area contributed by atoms with E-state index in [9.17, 15) is 0 Å². The lowest BCUT2D eigenvalue weighted by molar-refractivity contribution is 0.412. The van der Waals surface area contributed by atoms with Crippen LogP contribution in [0.4, 0.5) is 5.69 Å². The smallest absolute Gasteiger partial charge is 0.141 e. The average Bonchev–Trinajstić information content (AvgIpc) is 2.54. The number of anilines is 1. The van der Waals surface area contributed by atoms with Crippen LogP contribution in [-0.4, -0.2) is 19.2 Å². The second-order valence-electron chi connectivity index (χ2n) is 5.58. The molecule has 0 aliphatic heterocycles. The van der Waals surface area contributed by atoms with Crippen LogP contribution in [0.1, 0.15) is 18.9 Å². The van der Waals surface area contributed by atoms with Crippen LogP contribution in [-0.2, 0) is 6.42 Å². The van der Waals surface area contributed by atoms with E-state index in [1.165, 1.54) is 5.56 Å². The third-order valence-corrected chi connectivity index (χ3v) is 3.80. The van der Waals surface area contributed by atoms with Gasteiger partial charge in [-0.15, -0.1) is 0 Å². The van der Waals surface area contributed by atoms with Gasteiger partial charge in [-0.3, -0.25) is 0 Å². The Hall–Kier alpha value is -2.00. The van der Waals surface area contributed by atoms with Crippen LogP contribution < -0.4 is 15.8 Å². The van der Waals surface area contributed by atoms with Gasteiger partial charge in [0.05, 0.1) is 12.8 Å². The molecule has 0 amide bonds. The van der Waals surface area contributed by atoms with E-state index in [1.54, 1.807) is 7.11 Å². The summed E-state index contributed by atoms with van der Waals surface area (Å²) in [5, 5.41) is 3.54. The lowest BCUT2D eigenvalue weighted by Gasteiger charge is -2.31. The molecule has 0 aliphatic rings. The molecule has 21 heavy (non-hydrogen) atoms. The van der Waals surface area contributed by atoms with Gasteiger partial charge in [-0.05, 0) is 37.5 Å². The highest BCUT2D eigenvalue weighted by molar-refractivity contribution is 5.57. The van der Waals surface area contributed by atoms with Crippen molar-refractivity contribution in [3.05, 3.63) is 60.2 Å². The minimum absolute atomic E-state index is 0.162. The molecule has 0 fully saturated rings. The van der Waals surface area contributed by atoms with Crippen molar-refractivity contribution in [1.29, 1.82) is 0 Å². The summed E-state index contributed by atoms with van der Waals surface area (Å²) in [7, 11) is 1.68. The van der Waals surface area contributed by atoms with Crippen LogP contribution in [0, 0.1) is 0 Å². The minimum Gasteiger partial charge on any atom is -0.495 e. The standard InChI is InChI=1S/C18H24N2O/c1-18(14-19,13-12-15-8-4-3-5-9-15)20-16-10-6-7-11-17(16)21-2/h3-11,20H,12-14,19H2,1-2H3. The number of benzene rings is 2. The number of nitrogens with one attached hydrogen (secondary N) is 1. The van der Waals surface area contributed by atoms with Crippen LogP contribution in [0.15, 0.2) is 54.6 Å². The maximum Gasteiger partial charge on any atom is 0.141 e. The molecule has 0 radical (unpaired) electrons. The first kappa shape index (κ1) is 15.4. The van der Waals surface area contributed by atoms with E-state index in [2.05, 4.69) is 36.5 Å². The Labute approximate surface area is 127 Å². The highest BCUT2D eigenvalue weighted by Gasteiger charge is 2.23. The summed E-state index contributed by atoms with van der Waals surface area (Å²) in [5.41, 5.74) is 8.16. The topological polar surface area (TPSA) is 47.3 Å². The summed E-state index contributed by atoms with van der Waals surface area (Å²) < 4.78 is 5.40. The van der Waals surface area contributed by atoms with Gasteiger partial charge in [0.1, 0.15) is 5.75 Å². The molecule has 0 heterocycles. The second kappa shape index (κ2) is 7.14. The van der Waals surface area contributed by atoms with Gasteiger partial charge in [0, 0.05) is 12.1 Å². The van der Waals surface area contributed by atoms with Gasteiger partial charge in [-0.25, -0.2) is 0 Å². The Morgan fingerprint density at radius 3 is 2.38 bits per heavy atom. The van der Waals surface area contributed by atoms with Crippen LogP contribution in [0.5, 0.6) is 5.75 Å². The van der Waals surface area contributed by atoms with E-state index in [-0.39, 0.29) is 5.54 Å². The second-order valence-corrected chi connectivity index (χ2v) is 5.58. The van der Waals surface area contributed by atoms with Crippen molar-refractivity contribution in [2.45, 2.75) is 25.3 Å². The summed E-state index contributed by atoms with van der Waals surface area (Å²) in [6, 6.07) is 18.4. The SMILES string of the molecule is COc1ccccc1NC(C)(CN)CCc1ccccc1. The predicted octanol–water partition coefficient (Wildman–Crippen LogP) is 3.46. The summed E-state index contributed by atoms with van der Waals surface area (Å²) in [4.78, 5) is 0. The number of para-hydroxylation sites is 2. The number of methoxy groups -OCH3 is 1. The first-order valence-corrected chi connectivity index (χ1v) is 7.32. The van der Waals surface area contributed by atoms with Gasteiger partial charge >= 0.3 is 0 Å². The Morgan fingerprint density at radius 2 is 1.71 bits per heavy atom. The number of ether oxygens (including phenoxy) is 1. The fourth-order valence-corrected chi connectivity index (χ4v) is 2.35. The van der Waals surface area contributed by atoms with Crippen molar-refractivity contribution < 1.29 is 4.74 Å². The first-order chi connectivity index (χ1) is 10.2. The number of hydrogen-bond acceptors (Lipinski definition) is 3. The maximum atomic E-state index is 6.01. The molecule has 2 aromatic carbocycles. The van der Waals surface area contributed by atoms with Crippen molar-refractivity contribution in [3.63, 3.8) is 0 Å². The van der Waals surface area contributed by atoms with Gasteiger partial charge in [0.2, 0.25) is 0 Å². The third-order valence-electron chi connectivity index (χ3n) is 3.80. The van der Waals surface area contributed by atoms with Gasteiger partial charge in [0.15, 0.2) is 0 Å². The zero-order chi connectivity index (χ0) is 15.1. The largest absolute Gasteiger partial charge is 0.495 e. The fraction of sp³-hybridized carbons (Fsp3) is 0.333. The summed E-state index contributed by atoms with van der Waals surface area (Å²) >= 11 is 0. The highest BCUT2D eigenvalue weighted by atomic mass is 16.5. The summed E-state index contributed by atoms with van der Waals surface area (Å²) in [6.45, 7) is 2.72. The number of rotatable bonds is 7. The van der Waals surface area contributed by atoms with Gasteiger partial charge < -0.3 is 15.8 Å². The third kappa shape index (κ3) is 4.23. The first-order valence-electron chi connectivity index (χ1n) is 7.32. The van der Waals surface area contributed by atoms with Crippen molar-refractivity contribution in [1.82, 2.24) is 0 Å². The van der Waals surface area contributed by atoms with E-state index in [4.69, 9.17) is 10.5 Å². The Balaban J connectivity index is 2.06. The maximum absolute atomic E-state index is 6.01. The van der Waals surface area contributed by atoms with Gasteiger partial charge in [-0.1, -0.05) is 42.5 Å². The van der Waals surface area contributed by atoms with E-state index < -0.39 is 0 Å². The molecule has 1 atom stereocenters. The van der Waals surface area contributed by atoms with E-state index in [0.29, 0.717) is 6.54 Å². The molecule has 2 rings (SSSR count). The zero-order valence-electron chi connectivity index (χ0n) is 12.8. The average molecular weight is 284 g/mol. The van der Waals surface area contributed by atoms with Gasteiger partial charge in [0.25, 0.3) is 0 Å². The van der Waals surface area contributed by atoms with Crippen molar-refractivity contribution in [2.24, 2.45) is 5.73 Å². The monoisotopic (exact) mass is 284 g/mol. The van der Waals surface area contributed by atoms with Crippen LogP contribution in [0.2, 0.25) is 0 Å². The Kier molecular flexibility index (Phi) is 5.23. The number of nitrogens with two attached hydrogens (primary N) is 1. The van der Waals surface area contributed by atoms with Crippen molar-refractivity contribution in [3.8, 4) is 5.75 Å². The molecule has 3 N–H and O–H groups in total. The quantitative estimate of drug-likeness (QED) is 0.818. The molecular formula is C18H24N2O. The molecule has 1 unspecified atom stereocenters. The van der Waals surface area contributed by atoms with E-state index in [0.717, 1.165) is 24.3 Å². The lowest BCUT2D eigenvalue weighted by atomic mass is 9.92. The summed E-state index contributed by atoms with van der Waals surface area (Å²) in [5.74, 6) is 0.844. The molecule has 3 nitrogen and oxygen atoms in total. The molecule has 112 valence electrons. The fourth-order valence-electron chi connectivity index (χ4n) is 2.35. The molecular weight excluding hydrogens is 260 g/mol. The molecule has 0 aliphatic carbocycles. The predicted molar refractivity (Wildman–Crippen MR) is 88.8 cm³/mol. The summed E-state index contributed by atoms with van der Waals surface area (Å²) in [6.07, 6.45) is 1.96.